The summed E-state index contributed by atoms with van der Waals surface area (Å²) in [6.45, 7) is 1.79. The number of phenols is 1. The van der Waals surface area contributed by atoms with Gasteiger partial charge < -0.3 is 16.6 Å². The largest absolute Gasteiger partial charge is 0.508 e. The Bertz CT molecular complexity index is 917. The summed E-state index contributed by atoms with van der Waals surface area (Å²) in [5, 5.41) is 10.1. The van der Waals surface area contributed by atoms with Crippen molar-refractivity contribution in [3.8, 4) is 11.4 Å². The minimum absolute atomic E-state index is 0.0221. The number of aromatic nitrogens is 1. The molecule has 1 amide bonds. The lowest BCUT2D eigenvalue weighted by Gasteiger charge is -2.27. The molecule has 5 N–H and O–H groups in total. The van der Waals surface area contributed by atoms with Crippen LogP contribution in [0.4, 0.5) is 5.82 Å². The number of rotatable bonds is 4. The van der Waals surface area contributed by atoms with Crippen LogP contribution in [-0.2, 0) is 6.32 Å². The first-order valence-electron chi connectivity index (χ1n) is 8.24. The molecule has 128 valence electrons. The van der Waals surface area contributed by atoms with Gasteiger partial charge in [0.1, 0.15) is 11.6 Å². The second-order valence-electron chi connectivity index (χ2n) is 6.46. The number of phenolic OH excluding ortho intramolecular Hbond substituents is 1. The van der Waals surface area contributed by atoms with Gasteiger partial charge in [0.25, 0.3) is 11.5 Å². The molecule has 0 unspecified atom stereocenters. The molecule has 7 heteroatoms. The van der Waals surface area contributed by atoms with Crippen LogP contribution < -0.4 is 17.0 Å². The molecule has 1 saturated carbocycles. The first-order valence-corrected chi connectivity index (χ1v) is 8.24. The second-order valence-corrected chi connectivity index (χ2v) is 6.46. The Morgan fingerprint density at radius 2 is 2.08 bits per heavy atom. The SMILES string of the molecule is [B]Cc1c(O)ccc(C)c1-n1c(N)c(C(N)=O)cc(C2CCC2)c1=O. The number of nitrogens with zero attached hydrogens (tertiary/aromatic N) is 1. The van der Waals surface area contributed by atoms with Gasteiger partial charge in [-0.05, 0) is 43.4 Å². The van der Waals surface area contributed by atoms with Gasteiger partial charge in [-0.15, -0.1) is 0 Å². The third kappa shape index (κ3) is 2.69. The molecule has 2 aromatic rings. The number of aryl methyl sites for hydroxylation is 1. The average molecular weight is 337 g/mol. The number of benzene rings is 1. The van der Waals surface area contributed by atoms with Gasteiger partial charge in [-0.1, -0.05) is 18.8 Å². The monoisotopic (exact) mass is 337 g/mol. The number of hydrogen-bond acceptors (Lipinski definition) is 4. The molecule has 1 fully saturated rings. The van der Waals surface area contributed by atoms with Crippen LogP contribution in [0.3, 0.4) is 0 Å². The molecule has 3 rings (SSSR count). The van der Waals surface area contributed by atoms with Gasteiger partial charge in [-0.25, -0.2) is 0 Å². The molecular weight excluding hydrogens is 317 g/mol. The number of nitrogen functional groups attached to an aromatic ring is 1. The minimum Gasteiger partial charge on any atom is -0.508 e. The predicted molar refractivity (Wildman–Crippen MR) is 97.4 cm³/mol. The average Bonchev–Trinajstić information content (AvgIpc) is 2.51. The number of primary amides is 1. The Hall–Kier alpha value is -2.70. The molecule has 1 aromatic carbocycles. The standard InChI is InChI=1S/C18H20BN3O3/c1-9-5-6-14(23)13(8-19)15(9)22-16(20)12(17(21)24)7-11(18(22)25)10-3-2-4-10/h5-7,10,23H,2-4,8,20H2,1H3,(H2,21,24). The summed E-state index contributed by atoms with van der Waals surface area (Å²) in [7, 11) is 5.78. The molecule has 6 nitrogen and oxygen atoms in total. The maximum Gasteiger partial charge on any atom is 0.260 e. The molecule has 0 bridgehead atoms. The molecule has 0 spiro atoms. The van der Waals surface area contributed by atoms with E-state index < -0.39 is 5.91 Å². The van der Waals surface area contributed by atoms with Crippen LogP contribution in [-0.4, -0.2) is 23.4 Å². The van der Waals surface area contributed by atoms with Crippen molar-refractivity contribution < 1.29 is 9.90 Å². The van der Waals surface area contributed by atoms with Crippen molar-refractivity contribution in [1.82, 2.24) is 4.57 Å². The maximum atomic E-state index is 13.1. The minimum atomic E-state index is -0.695. The van der Waals surface area contributed by atoms with Gasteiger partial charge in [0.15, 0.2) is 0 Å². The first kappa shape index (κ1) is 17.1. The molecule has 1 aliphatic rings. The Kier molecular flexibility index (Phi) is 4.33. The lowest BCUT2D eigenvalue weighted by atomic mass is 9.80. The first-order chi connectivity index (χ1) is 11.9. The summed E-state index contributed by atoms with van der Waals surface area (Å²) in [6, 6.07) is 4.71. The van der Waals surface area contributed by atoms with E-state index in [9.17, 15) is 14.7 Å². The zero-order valence-corrected chi connectivity index (χ0v) is 14.1. The zero-order chi connectivity index (χ0) is 18.3. The fourth-order valence-electron chi connectivity index (χ4n) is 3.34. The van der Waals surface area contributed by atoms with E-state index in [2.05, 4.69) is 0 Å². The third-order valence-electron chi connectivity index (χ3n) is 4.96. The van der Waals surface area contributed by atoms with E-state index in [-0.39, 0.29) is 34.9 Å². The lowest BCUT2D eigenvalue weighted by Crippen LogP contribution is -2.32. The predicted octanol–water partition coefficient (Wildman–Crippen LogP) is 1.47. The highest BCUT2D eigenvalue weighted by atomic mass is 16.3. The number of carbonyl (C=O) groups is 1. The van der Waals surface area contributed by atoms with E-state index in [0.717, 1.165) is 19.3 Å². The van der Waals surface area contributed by atoms with Crippen LogP contribution in [0.15, 0.2) is 23.0 Å². The van der Waals surface area contributed by atoms with Gasteiger partial charge in [0.2, 0.25) is 0 Å². The summed E-state index contributed by atoms with van der Waals surface area (Å²) in [5.74, 6) is -0.664. The van der Waals surface area contributed by atoms with Crippen molar-refractivity contribution >= 4 is 19.6 Å². The van der Waals surface area contributed by atoms with E-state index in [4.69, 9.17) is 19.3 Å². The Balaban J connectivity index is 2.41. The highest BCUT2D eigenvalue weighted by Crippen LogP contribution is 2.36. The number of nitrogens with two attached hydrogens (primary N) is 2. The maximum absolute atomic E-state index is 13.1. The van der Waals surface area contributed by atoms with E-state index in [0.29, 0.717) is 22.4 Å². The van der Waals surface area contributed by atoms with Crippen LogP contribution in [0.1, 0.15) is 52.2 Å². The Morgan fingerprint density at radius 1 is 1.40 bits per heavy atom. The summed E-state index contributed by atoms with van der Waals surface area (Å²) in [6.07, 6.45) is 2.84. The van der Waals surface area contributed by atoms with Crippen LogP contribution in [0.5, 0.6) is 5.75 Å². The summed E-state index contributed by atoms with van der Waals surface area (Å²) < 4.78 is 1.27. The van der Waals surface area contributed by atoms with E-state index in [1.165, 1.54) is 16.7 Å². The van der Waals surface area contributed by atoms with Gasteiger partial charge >= 0.3 is 0 Å². The van der Waals surface area contributed by atoms with Crippen LogP contribution in [0.25, 0.3) is 5.69 Å². The van der Waals surface area contributed by atoms with Crippen LogP contribution in [0.2, 0.25) is 0 Å². The molecule has 1 aromatic heterocycles. The molecule has 1 heterocycles. The van der Waals surface area contributed by atoms with E-state index in [1.807, 2.05) is 0 Å². The molecule has 1 aliphatic carbocycles. The van der Waals surface area contributed by atoms with Crippen molar-refractivity contribution in [3.05, 3.63) is 50.8 Å². The van der Waals surface area contributed by atoms with Gasteiger partial charge in [0, 0.05) is 11.1 Å². The summed E-state index contributed by atoms with van der Waals surface area (Å²) >= 11 is 0. The van der Waals surface area contributed by atoms with Crippen LogP contribution in [0, 0.1) is 6.92 Å². The number of pyridine rings is 1. The fourth-order valence-corrected chi connectivity index (χ4v) is 3.34. The molecule has 25 heavy (non-hydrogen) atoms. The zero-order valence-electron chi connectivity index (χ0n) is 14.1. The number of hydrogen-bond donors (Lipinski definition) is 3. The molecule has 0 atom stereocenters. The van der Waals surface area contributed by atoms with Crippen molar-refractivity contribution in [3.63, 3.8) is 0 Å². The van der Waals surface area contributed by atoms with Crippen molar-refractivity contribution in [2.45, 2.75) is 38.4 Å². The van der Waals surface area contributed by atoms with Crippen molar-refractivity contribution in [2.24, 2.45) is 5.73 Å². The quantitative estimate of drug-likeness (QED) is 0.734. The Labute approximate surface area is 146 Å². The van der Waals surface area contributed by atoms with E-state index in [1.54, 1.807) is 13.0 Å². The smallest absolute Gasteiger partial charge is 0.260 e. The van der Waals surface area contributed by atoms with Crippen molar-refractivity contribution in [1.29, 1.82) is 0 Å². The van der Waals surface area contributed by atoms with Gasteiger partial charge in [-0.3, -0.25) is 14.2 Å². The molecule has 2 radical (unpaired) electrons. The summed E-state index contributed by atoms with van der Waals surface area (Å²) in [5.41, 5.74) is 13.5. The lowest BCUT2D eigenvalue weighted by molar-refractivity contribution is 0.100. The highest BCUT2D eigenvalue weighted by molar-refractivity contribution is 6.09. The number of aromatic hydroxyl groups is 1. The number of anilines is 1. The fraction of sp³-hybridized carbons (Fsp3) is 0.333. The number of carbonyl (C=O) groups excluding carboxylic acids is 1. The van der Waals surface area contributed by atoms with Gasteiger partial charge in [-0.2, -0.15) is 0 Å². The number of amides is 1. The Morgan fingerprint density at radius 3 is 2.60 bits per heavy atom. The van der Waals surface area contributed by atoms with Crippen LogP contribution >= 0.6 is 0 Å². The highest BCUT2D eigenvalue weighted by Gasteiger charge is 2.27. The summed E-state index contributed by atoms with van der Waals surface area (Å²) in [4.78, 5) is 25.0. The second kappa shape index (κ2) is 6.31. The van der Waals surface area contributed by atoms with E-state index >= 15 is 0 Å². The normalized spacial score (nSPS) is 14.3. The van der Waals surface area contributed by atoms with Crippen molar-refractivity contribution in [2.75, 3.05) is 5.73 Å². The molecular formula is C18H20BN3O3. The topological polar surface area (TPSA) is 111 Å². The molecule has 0 aliphatic heterocycles. The molecule has 0 saturated heterocycles. The van der Waals surface area contributed by atoms with Gasteiger partial charge in [0.05, 0.1) is 19.1 Å². The third-order valence-corrected chi connectivity index (χ3v) is 4.96.